The quantitative estimate of drug-likeness (QED) is 0.859. The summed E-state index contributed by atoms with van der Waals surface area (Å²) in [6.45, 7) is 1.15. The minimum atomic E-state index is -0.174. The predicted octanol–water partition coefficient (Wildman–Crippen LogP) is 1.32. The first-order valence-electron chi connectivity index (χ1n) is 9.13. The number of pyridine rings is 1. The minimum absolute atomic E-state index is 0.0360. The zero-order chi connectivity index (χ0) is 17.9. The third-order valence-corrected chi connectivity index (χ3v) is 5.18. The number of hydrogen-bond acceptors (Lipinski definition) is 6. The molecule has 7 heteroatoms. The Labute approximate surface area is 152 Å². The van der Waals surface area contributed by atoms with Gasteiger partial charge in [0.15, 0.2) is 0 Å². The number of nitrogens with two attached hydrogens (primary N) is 1. The van der Waals surface area contributed by atoms with Crippen molar-refractivity contribution < 1.29 is 9.53 Å². The molecule has 3 N–H and O–H groups in total. The van der Waals surface area contributed by atoms with Crippen molar-refractivity contribution in [2.45, 2.75) is 38.1 Å². The largest absolute Gasteiger partial charge is 0.379 e. The summed E-state index contributed by atoms with van der Waals surface area (Å²) in [6.07, 6.45) is 8.24. The van der Waals surface area contributed by atoms with Gasteiger partial charge in [-0.25, -0.2) is 9.97 Å². The molecule has 0 unspecified atom stereocenters. The second kappa shape index (κ2) is 7.37. The van der Waals surface area contributed by atoms with Crippen LogP contribution in [-0.2, 0) is 24.0 Å². The predicted molar refractivity (Wildman–Crippen MR) is 96.6 cm³/mol. The number of carbonyl (C=O) groups excluding carboxylic acids is 1. The first-order valence-corrected chi connectivity index (χ1v) is 9.13. The van der Waals surface area contributed by atoms with E-state index in [1.165, 1.54) is 5.56 Å². The fourth-order valence-electron chi connectivity index (χ4n) is 3.82. The van der Waals surface area contributed by atoms with Crippen LogP contribution in [0.5, 0.6) is 0 Å². The molecule has 7 nitrogen and oxygen atoms in total. The van der Waals surface area contributed by atoms with E-state index >= 15 is 0 Å². The minimum Gasteiger partial charge on any atom is -0.379 e. The molecule has 0 aromatic carbocycles. The van der Waals surface area contributed by atoms with Crippen LogP contribution in [0.25, 0.3) is 0 Å². The Morgan fingerprint density at radius 1 is 1.19 bits per heavy atom. The van der Waals surface area contributed by atoms with Crippen LogP contribution in [0.3, 0.4) is 0 Å². The molecule has 1 saturated heterocycles. The van der Waals surface area contributed by atoms with E-state index in [1.807, 2.05) is 12.1 Å². The van der Waals surface area contributed by atoms with Crippen LogP contribution < -0.4 is 11.1 Å². The van der Waals surface area contributed by atoms with Crippen LogP contribution >= 0.6 is 0 Å². The molecule has 2 aromatic heterocycles. The van der Waals surface area contributed by atoms with Crippen molar-refractivity contribution in [2.75, 3.05) is 18.9 Å². The van der Waals surface area contributed by atoms with E-state index in [1.54, 1.807) is 12.4 Å². The number of nitrogens with zero attached hydrogens (tertiary/aromatic N) is 3. The van der Waals surface area contributed by atoms with Crippen molar-refractivity contribution in [3.8, 4) is 0 Å². The molecule has 136 valence electrons. The zero-order valence-electron chi connectivity index (χ0n) is 14.6. The zero-order valence-corrected chi connectivity index (χ0v) is 14.6. The summed E-state index contributed by atoms with van der Waals surface area (Å²) in [7, 11) is 0. The number of aromatic nitrogens is 3. The number of ether oxygens (including phenoxy) is 1. The fraction of sp³-hybridized carbons (Fsp3) is 0.474. The summed E-state index contributed by atoms with van der Waals surface area (Å²) in [5.41, 5.74) is 9.32. The van der Waals surface area contributed by atoms with Crippen molar-refractivity contribution in [1.29, 1.82) is 0 Å². The van der Waals surface area contributed by atoms with Crippen molar-refractivity contribution in [2.24, 2.45) is 5.92 Å². The Hall–Kier alpha value is -2.54. The van der Waals surface area contributed by atoms with Gasteiger partial charge in [0.2, 0.25) is 5.95 Å². The average molecular weight is 353 g/mol. The highest BCUT2D eigenvalue weighted by atomic mass is 16.5. The van der Waals surface area contributed by atoms with Crippen LogP contribution in [0.1, 0.15) is 40.2 Å². The first kappa shape index (κ1) is 16.9. The summed E-state index contributed by atoms with van der Waals surface area (Å²) >= 11 is 0. The molecule has 0 saturated carbocycles. The lowest BCUT2D eigenvalue weighted by molar-refractivity contribution is 0.0918. The van der Waals surface area contributed by atoms with E-state index in [2.05, 4.69) is 20.3 Å². The summed E-state index contributed by atoms with van der Waals surface area (Å²) in [5, 5.41) is 3.12. The third-order valence-electron chi connectivity index (χ3n) is 5.18. The number of carbonyl (C=O) groups is 1. The van der Waals surface area contributed by atoms with Gasteiger partial charge in [-0.2, -0.15) is 0 Å². The van der Waals surface area contributed by atoms with E-state index in [0.717, 1.165) is 43.4 Å². The Morgan fingerprint density at radius 3 is 2.85 bits per heavy atom. The average Bonchev–Trinajstić information content (AvgIpc) is 3.08. The van der Waals surface area contributed by atoms with Crippen LogP contribution in [0.2, 0.25) is 0 Å². The van der Waals surface area contributed by atoms with Gasteiger partial charge in [0, 0.05) is 29.6 Å². The van der Waals surface area contributed by atoms with Crippen molar-refractivity contribution >= 4 is 11.9 Å². The molecule has 1 amide bonds. The summed E-state index contributed by atoms with van der Waals surface area (Å²) in [4.78, 5) is 25.5. The van der Waals surface area contributed by atoms with Crippen molar-refractivity contribution in [1.82, 2.24) is 20.3 Å². The summed E-state index contributed by atoms with van der Waals surface area (Å²) < 4.78 is 5.63. The molecule has 26 heavy (non-hydrogen) atoms. The van der Waals surface area contributed by atoms with Gasteiger partial charge in [0.25, 0.3) is 5.91 Å². The topological polar surface area (TPSA) is 103 Å². The Morgan fingerprint density at radius 2 is 2.00 bits per heavy atom. The molecule has 2 aliphatic rings. The summed E-state index contributed by atoms with van der Waals surface area (Å²) in [6, 6.07) is 3.96. The van der Waals surface area contributed by atoms with Gasteiger partial charge >= 0.3 is 0 Å². The van der Waals surface area contributed by atoms with Gasteiger partial charge in [-0.15, -0.1) is 0 Å². The monoisotopic (exact) mass is 353 g/mol. The third kappa shape index (κ3) is 3.53. The van der Waals surface area contributed by atoms with Gasteiger partial charge in [-0.3, -0.25) is 9.78 Å². The van der Waals surface area contributed by atoms with Gasteiger partial charge in [0.05, 0.1) is 19.3 Å². The van der Waals surface area contributed by atoms with Gasteiger partial charge < -0.3 is 15.8 Å². The first-order chi connectivity index (χ1) is 12.7. The number of nitrogen functional groups attached to an aromatic ring is 1. The molecule has 3 heterocycles. The molecule has 0 spiro atoms. The highest BCUT2D eigenvalue weighted by molar-refractivity contribution is 5.94. The van der Waals surface area contributed by atoms with E-state index in [0.29, 0.717) is 18.9 Å². The molecule has 0 bridgehead atoms. The number of amides is 1. The number of anilines is 1. The van der Waals surface area contributed by atoms with Crippen LogP contribution in [-0.4, -0.2) is 40.1 Å². The standard InChI is InChI=1S/C19H23N5O2/c20-19-23-15-4-2-1-3-14(15)17(24-19)18(25)22-16-11-26-10-13(16)9-12-5-7-21-8-6-12/h5-8,13,16H,1-4,9-11H2,(H,22,25)(H2,20,23,24)/t13-,16-/m1/s1. The molecular weight excluding hydrogens is 330 g/mol. The highest BCUT2D eigenvalue weighted by Gasteiger charge is 2.31. The van der Waals surface area contributed by atoms with Crippen LogP contribution in [0, 0.1) is 5.92 Å². The van der Waals surface area contributed by atoms with Gasteiger partial charge in [-0.05, 0) is 49.8 Å². The molecule has 4 rings (SSSR count). The molecule has 1 aliphatic heterocycles. The van der Waals surface area contributed by atoms with Crippen LogP contribution in [0.15, 0.2) is 24.5 Å². The lowest BCUT2D eigenvalue weighted by Crippen LogP contribution is -2.41. The maximum Gasteiger partial charge on any atom is 0.270 e. The molecule has 1 fully saturated rings. The lowest BCUT2D eigenvalue weighted by Gasteiger charge is -2.21. The fourth-order valence-corrected chi connectivity index (χ4v) is 3.82. The maximum absolute atomic E-state index is 12.9. The normalized spacial score (nSPS) is 22.0. The van der Waals surface area contributed by atoms with E-state index in [4.69, 9.17) is 10.5 Å². The van der Waals surface area contributed by atoms with Gasteiger partial charge in [0.1, 0.15) is 5.69 Å². The smallest absolute Gasteiger partial charge is 0.270 e. The Balaban J connectivity index is 1.50. The van der Waals surface area contributed by atoms with E-state index in [-0.39, 0.29) is 23.8 Å². The van der Waals surface area contributed by atoms with Gasteiger partial charge in [-0.1, -0.05) is 0 Å². The van der Waals surface area contributed by atoms with E-state index in [9.17, 15) is 4.79 Å². The molecular formula is C19H23N5O2. The Bertz CT molecular complexity index is 796. The van der Waals surface area contributed by atoms with Crippen LogP contribution in [0.4, 0.5) is 5.95 Å². The second-order valence-electron chi connectivity index (χ2n) is 7.00. The number of aryl methyl sites for hydroxylation is 1. The highest BCUT2D eigenvalue weighted by Crippen LogP contribution is 2.24. The number of hydrogen-bond donors (Lipinski definition) is 2. The number of nitrogens with one attached hydrogen (secondary N) is 1. The SMILES string of the molecule is Nc1nc2c(c(C(=O)N[C@@H]3COC[C@H]3Cc3ccncc3)n1)CCCC2. The molecule has 2 atom stereocenters. The molecule has 0 radical (unpaired) electrons. The molecule has 2 aromatic rings. The maximum atomic E-state index is 12.9. The molecule has 1 aliphatic carbocycles. The number of fused-ring (bicyclic) bond motifs is 1. The van der Waals surface area contributed by atoms with E-state index < -0.39 is 0 Å². The lowest BCUT2D eigenvalue weighted by atomic mass is 9.93. The Kier molecular flexibility index (Phi) is 4.79. The van der Waals surface area contributed by atoms with Crippen molar-refractivity contribution in [3.05, 3.63) is 47.0 Å². The number of rotatable bonds is 4. The van der Waals surface area contributed by atoms with Crippen molar-refractivity contribution in [3.63, 3.8) is 0 Å². The second-order valence-corrected chi connectivity index (χ2v) is 7.00. The summed E-state index contributed by atoms with van der Waals surface area (Å²) in [5.74, 6) is 0.232.